The number of nitrogens with zero attached hydrogens (tertiary/aromatic N) is 2. The molecule has 1 heterocycles. The predicted molar refractivity (Wildman–Crippen MR) is 98.9 cm³/mol. The minimum absolute atomic E-state index is 0.0325. The fourth-order valence-electron chi connectivity index (χ4n) is 2.47. The molecule has 8 heteroatoms. The molecular weight excluding hydrogens is 394 g/mol. The van der Waals surface area contributed by atoms with E-state index in [9.17, 15) is 10.1 Å². The van der Waals surface area contributed by atoms with E-state index >= 15 is 0 Å². The van der Waals surface area contributed by atoms with Crippen molar-refractivity contribution in [2.24, 2.45) is 5.10 Å². The average Bonchev–Trinajstić information content (AvgIpc) is 2.72. The van der Waals surface area contributed by atoms with Crippen LogP contribution in [0.4, 0.5) is 5.69 Å². The molecule has 122 valence electrons. The van der Waals surface area contributed by atoms with E-state index in [4.69, 9.17) is 17.0 Å². The van der Waals surface area contributed by atoms with Crippen molar-refractivity contribution in [3.63, 3.8) is 0 Å². The summed E-state index contributed by atoms with van der Waals surface area (Å²) in [5, 5.41) is 15.2. The highest BCUT2D eigenvalue weighted by Crippen LogP contribution is 2.31. The molecule has 0 saturated heterocycles. The predicted octanol–water partition coefficient (Wildman–Crippen LogP) is 3.59. The zero-order valence-corrected chi connectivity index (χ0v) is 15.0. The smallest absolute Gasteiger partial charge is 0.269 e. The second-order valence-electron chi connectivity index (χ2n) is 5.12. The van der Waals surface area contributed by atoms with Gasteiger partial charge >= 0.3 is 0 Å². The minimum Gasteiger partial charge on any atom is -0.496 e. The van der Waals surface area contributed by atoms with E-state index in [1.54, 1.807) is 19.2 Å². The van der Waals surface area contributed by atoms with E-state index in [1.165, 1.54) is 12.1 Å². The summed E-state index contributed by atoms with van der Waals surface area (Å²) in [6.45, 7) is 0. The van der Waals surface area contributed by atoms with Gasteiger partial charge in [-0.05, 0) is 45.8 Å². The van der Waals surface area contributed by atoms with Crippen LogP contribution in [0.2, 0.25) is 0 Å². The summed E-state index contributed by atoms with van der Waals surface area (Å²) in [6, 6.07) is 10.1. The Hall–Kier alpha value is -2.32. The molecule has 0 aliphatic carbocycles. The summed E-state index contributed by atoms with van der Waals surface area (Å²) >= 11 is 8.76. The van der Waals surface area contributed by atoms with Crippen molar-refractivity contribution in [1.82, 2.24) is 5.43 Å². The molecule has 1 aliphatic rings. The molecule has 1 N–H and O–H groups in total. The lowest BCUT2D eigenvalue weighted by Gasteiger charge is -2.12. The minimum atomic E-state index is -0.430. The molecule has 0 aromatic heterocycles. The Morgan fingerprint density at radius 1 is 1.33 bits per heavy atom. The molecule has 1 aliphatic heterocycles. The van der Waals surface area contributed by atoms with Gasteiger partial charge in [-0.1, -0.05) is 12.2 Å². The van der Waals surface area contributed by atoms with Gasteiger partial charge < -0.3 is 4.74 Å². The molecule has 0 fully saturated rings. The van der Waals surface area contributed by atoms with Crippen LogP contribution in [-0.2, 0) is 6.42 Å². The number of ether oxygens (including phenoxy) is 1. The number of benzene rings is 2. The van der Waals surface area contributed by atoms with Gasteiger partial charge in [0.25, 0.3) is 5.69 Å². The van der Waals surface area contributed by atoms with Gasteiger partial charge in [0.1, 0.15) is 10.7 Å². The van der Waals surface area contributed by atoms with Crippen molar-refractivity contribution in [2.75, 3.05) is 7.11 Å². The molecule has 2 aromatic rings. The maximum Gasteiger partial charge on any atom is 0.269 e. The summed E-state index contributed by atoms with van der Waals surface area (Å²) in [5.74, 6) is 0.677. The van der Waals surface area contributed by atoms with Crippen molar-refractivity contribution in [3.8, 4) is 5.75 Å². The Morgan fingerprint density at radius 2 is 2.04 bits per heavy atom. The molecule has 0 radical (unpaired) electrons. The number of hydrazone groups is 1. The number of nitrogens with one attached hydrogen (secondary N) is 1. The van der Waals surface area contributed by atoms with E-state index in [-0.39, 0.29) is 5.69 Å². The number of nitro benzene ring substituents is 1. The Balaban J connectivity index is 2.14. The number of fused-ring (bicyclic) bond motifs is 1. The van der Waals surface area contributed by atoms with Gasteiger partial charge in [-0.25, -0.2) is 0 Å². The van der Waals surface area contributed by atoms with Crippen LogP contribution in [-0.4, -0.2) is 22.7 Å². The second kappa shape index (κ2) is 6.66. The highest BCUT2D eigenvalue weighted by molar-refractivity contribution is 9.10. The Labute approximate surface area is 151 Å². The van der Waals surface area contributed by atoms with E-state index < -0.39 is 4.92 Å². The van der Waals surface area contributed by atoms with Gasteiger partial charge in [0.15, 0.2) is 0 Å². The Morgan fingerprint density at radius 3 is 2.67 bits per heavy atom. The first-order valence-corrected chi connectivity index (χ1v) is 8.18. The van der Waals surface area contributed by atoms with Crippen LogP contribution in [0.3, 0.4) is 0 Å². The molecule has 24 heavy (non-hydrogen) atoms. The first-order valence-electron chi connectivity index (χ1n) is 6.97. The lowest BCUT2D eigenvalue weighted by Crippen LogP contribution is -2.16. The summed E-state index contributed by atoms with van der Waals surface area (Å²) in [5.41, 5.74) is 6.17. The van der Waals surface area contributed by atoms with Crippen LogP contribution < -0.4 is 10.2 Å². The second-order valence-corrected chi connectivity index (χ2v) is 6.47. The van der Waals surface area contributed by atoms with Gasteiger partial charge in [-0.3, -0.25) is 15.5 Å². The standard InChI is InChI=1S/C16H12BrN3O3S/c1-23-14-8-12-10(6-13(14)17)7-15(24)18-19-16(12)9-2-4-11(5-3-9)20(21)22/h2-6,8H,7H2,1H3,(H,18,24). The fourth-order valence-corrected chi connectivity index (χ4v) is 3.22. The van der Waals surface area contributed by atoms with E-state index in [0.29, 0.717) is 22.9 Å². The summed E-state index contributed by atoms with van der Waals surface area (Å²) in [7, 11) is 1.59. The highest BCUT2D eigenvalue weighted by atomic mass is 79.9. The molecule has 0 bridgehead atoms. The van der Waals surface area contributed by atoms with Crippen molar-refractivity contribution >= 4 is 44.5 Å². The summed E-state index contributed by atoms with van der Waals surface area (Å²) in [6.07, 6.45) is 0.549. The third kappa shape index (κ3) is 3.15. The molecule has 0 unspecified atom stereocenters. The van der Waals surface area contributed by atoms with Crippen molar-refractivity contribution in [1.29, 1.82) is 0 Å². The van der Waals surface area contributed by atoms with Gasteiger partial charge in [0.2, 0.25) is 0 Å². The molecule has 0 atom stereocenters. The third-order valence-corrected chi connectivity index (χ3v) is 4.48. The monoisotopic (exact) mass is 405 g/mol. The molecule has 3 rings (SSSR count). The van der Waals surface area contributed by atoms with E-state index in [0.717, 1.165) is 21.2 Å². The fraction of sp³-hybridized carbons (Fsp3) is 0.125. The largest absolute Gasteiger partial charge is 0.496 e. The average molecular weight is 406 g/mol. The maximum atomic E-state index is 10.8. The highest BCUT2D eigenvalue weighted by Gasteiger charge is 2.20. The number of thiocarbonyl (C=S) groups is 1. The SMILES string of the molecule is COc1cc2c(cc1Br)CC(=S)NN=C2c1ccc([N+](=O)[O-])cc1. The number of methoxy groups -OCH3 is 1. The van der Waals surface area contributed by atoms with Gasteiger partial charge in [0, 0.05) is 29.7 Å². The van der Waals surface area contributed by atoms with E-state index in [2.05, 4.69) is 26.5 Å². The number of halogens is 1. The quantitative estimate of drug-likeness (QED) is 0.479. The lowest BCUT2D eigenvalue weighted by molar-refractivity contribution is -0.384. The number of hydrogen-bond acceptors (Lipinski definition) is 5. The molecule has 6 nitrogen and oxygen atoms in total. The van der Waals surface area contributed by atoms with Crippen LogP contribution in [0.5, 0.6) is 5.75 Å². The molecule has 0 spiro atoms. The molecule has 2 aromatic carbocycles. The number of non-ortho nitro benzene ring substituents is 1. The Bertz CT molecular complexity index is 866. The van der Waals surface area contributed by atoms with Crippen molar-refractivity contribution in [3.05, 3.63) is 67.7 Å². The molecule has 0 saturated carbocycles. The summed E-state index contributed by atoms with van der Waals surface area (Å²) < 4.78 is 6.20. The normalized spacial score (nSPS) is 13.4. The number of hydrogen-bond donors (Lipinski definition) is 1. The zero-order valence-electron chi connectivity index (χ0n) is 12.6. The molecular formula is C16H12BrN3O3S. The van der Waals surface area contributed by atoms with Crippen molar-refractivity contribution < 1.29 is 9.66 Å². The van der Waals surface area contributed by atoms with Gasteiger partial charge in [0.05, 0.1) is 22.2 Å². The maximum absolute atomic E-state index is 10.8. The Kier molecular flexibility index (Phi) is 4.59. The first kappa shape index (κ1) is 16.5. The molecule has 0 amide bonds. The summed E-state index contributed by atoms with van der Waals surface area (Å²) in [4.78, 5) is 11.0. The van der Waals surface area contributed by atoms with Gasteiger partial charge in [-0.2, -0.15) is 5.10 Å². The number of nitro groups is 1. The number of rotatable bonds is 3. The van der Waals surface area contributed by atoms with Crippen LogP contribution in [0.1, 0.15) is 16.7 Å². The van der Waals surface area contributed by atoms with Crippen molar-refractivity contribution in [2.45, 2.75) is 6.42 Å². The van der Waals surface area contributed by atoms with Crippen LogP contribution in [0.15, 0.2) is 46.0 Å². The topological polar surface area (TPSA) is 76.8 Å². The zero-order chi connectivity index (χ0) is 17.3. The van der Waals surface area contributed by atoms with Crippen LogP contribution in [0, 0.1) is 10.1 Å². The van der Waals surface area contributed by atoms with Gasteiger partial charge in [-0.15, -0.1) is 0 Å². The van der Waals surface area contributed by atoms with Crippen LogP contribution >= 0.6 is 28.1 Å². The third-order valence-electron chi connectivity index (χ3n) is 3.63. The van der Waals surface area contributed by atoms with Crippen LogP contribution in [0.25, 0.3) is 0 Å². The lowest BCUT2D eigenvalue weighted by atomic mass is 9.96. The first-order chi connectivity index (χ1) is 11.5. The van der Waals surface area contributed by atoms with E-state index in [1.807, 2.05) is 12.1 Å².